The molecule has 3 N–H and O–H groups in total. The van der Waals surface area contributed by atoms with E-state index >= 15 is 0 Å². The van der Waals surface area contributed by atoms with E-state index in [4.69, 9.17) is 9.90 Å². The number of urea groups is 1. The molecule has 4 aromatic rings. The van der Waals surface area contributed by atoms with E-state index in [-0.39, 0.29) is 5.69 Å². The van der Waals surface area contributed by atoms with Gasteiger partial charge in [-0.2, -0.15) is 18.3 Å². The molecular formula is C24H21F4N5O3. The predicted octanol–water partition coefficient (Wildman–Crippen LogP) is 5.67. The average Bonchev–Trinajstić information content (AvgIpc) is 3.10. The second kappa shape index (κ2) is 10.4. The zero-order chi connectivity index (χ0) is 26.6. The number of carboxylic acid groups (broad SMARTS) is 1. The Kier molecular flexibility index (Phi) is 7.56. The number of hydrogen-bond acceptors (Lipinski definition) is 4. The number of benzene rings is 2. The van der Waals surface area contributed by atoms with Crippen LogP contribution in [0.25, 0.3) is 22.0 Å². The molecule has 0 atom stereocenters. The van der Waals surface area contributed by atoms with Crippen molar-refractivity contribution in [2.24, 2.45) is 7.05 Å². The third-order valence-electron chi connectivity index (χ3n) is 5.00. The molecule has 0 aliphatic heterocycles. The molecule has 0 saturated heterocycles. The molecule has 0 fully saturated rings. The van der Waals surface area contributed by atoms with Crippen LogP contribution in [0.1, 0.15) is 11.3 Å². The number of carbonyl (C=O) groups is 2. The summed E-state index contributed by atoms with van der Waals surface area (Å²) in [5, 5.41) is 17.9. The fourth-order valence-corrected chi connectivity index (χ4v) is 3.38. The topological polar surface area (TPSA) is 109 Å². The summed E-state index contributed by atoms with van der Waals surface area (Å²) in [6.45, 7) is 3.80. The summed E-state index contributed by atoms with van der Waals surface area (Å²) in [7, 11) is 1.89. The Morgan fingerprint density at radius 1 is 1.00 bits per heavy atom. The van der Waals surface area contributed by atoms with Crippen molar-refractivity contribution in [2.45, 2.75) is 20.0 Å². The lowest BCUT2D eigenvalue weighted by Crippen LogP contribution is -2.21. The second-order valence-corrected chi connectivity index (χ2v) is 7.73. The van der Waals surface area contributed by atoms with Gasteiger partial charge in [-0.25, -0.2) is 14.0 Å². The summed E-state index contributed by atoms with van der Waals surface area (Å²) in [6.07, 6.45) is -1.48. The molecule has 0 saturated carbocycles. The number of aliphatic carboxylic acids is 1. The molecule has 2 aromatic heterocycles. The maximum atomic E-state index is 13.8. The smallest absolute Gasteiger partial charge is 0.475 e. The summed E-state index contributed by atoms with van der Waals surface area (Å²) in [4.78, 5) is 25.4. The zero-order valence-corrected chi connectivity index (χ0v) is 19.3. The maximum absolute atomic E-state index is 13.8. The van der Waals surface area contributed by atoms with Gasteiger partial charge in [0.15, 0.2) is 0 Å². The first kappa shape index (κ1) is 26.1. The molecule has 2 aromatic carbocycles. The van der Waals surface area contributed by atoms with E-state index in [0.717, 1.165) is 33.3 Å². The Balaban J connectivity index is 0.000000454. The van der Waals surface area contributed by atoms with E-state index in [1.807, 2.05) is 43.9 Å². The highest BCUT2D eigenvalue weighted by atomic mass is 19.4. The van der Waals surface area contributed by atoms with Gasteiger partial charge in [-0.05, 0) is 49.2 Å². The molecule has 0 unspecified atom stereocenters. The lowest BCUT2D eigenvalue weighted by molar-refractivity contribution is -0.192. The van der Waals surface area contributed by atoms with Crippen molar-refractivity contribution in [1.82, 2.24) is 14.8 Å². The molecule has 188 valence electrons. The zero-order valence-electron chi connectivity index (χ0n) is 19.3. The first-order valence-electron chi connectivity index (χ1n) is 10.4. The Morgan fingerprint density at radius 2 is 1.64 bits per heavy atom. The summed E-state index contributed by atoms with van der Waals surface area (Å²) in [5.41, 5.74) is 5.44. The van der Waals surface area contributed by atoms with E-state index in [9.17, 15) is 22.4 Å². The molecule has 8 nitrogen and oxygen atoms in total. The molecule has 4 rings (SSSR count). The minimum absolute atomic E-state index is 0.143. The third kappa shape index (κ3) is 6.14. The van der Waals surface area contributed by atoms with Crippen LogP contribution in [0.5, 0.6) is 0 Å². The van der Waals surface area contributed by atoms with Gasteiger partial charge in [-0.3, -0.25) is 9.67 Å². The number of aryl methyl sites for hydroxylation is 3. The van der Waals surface area contributed by atoms with Crippen molar-refractivity contribution < 1.29 is 32.3 Å². The number of nitrogens with zero attached hydrogens (tertiary/aromatic N) is 3. The Bertz CT molecular complexity index is 1420. The maximum Gasteiger partial charge on any atom is 0.490 e. The van der Waals surface area contributed by atoms with Crippen LogP contribution < -0.4 is 10.6 Å². The van der Waals surface area contributed by atoms with Crippen molar-refractivity contribution in [3.63, 3.8) is 0 Å². The molecule has 0 aliphatic carbocycles. The van der Waals surface area contributed by atoms with Crippen LogP contribution in [0.4, 0.5) is 33.7 Å². The minimum Gasteiger partial charge on any atom is -0.475 e. The van der Waals surface area contributed by atoms with Gasteiger partial charge in [-0.15, -0.1) is 0 Å². The average molecular weight is 503 g/mol. The number of alkyl halides is 3. The number of amides is 2. The quantitative estimate of drug-likeness (QED) is 0.312. The van der Waals surface area contributed by atoms with Gasteiger partial charge in [0.1, 0.15) is 5.82 Å². The van der Waals surface area contributed by atoms with Crippen LogP contribution in [-0.2, 0) is 11.8 Å². The van der Waals surface area contributed by atoms with Crippen LogP contribution in [0.15, 0.2) is 54.9 Å². The van der Waals surface area contributed by atoms with E-state index in [1.165, 1.54) is 6.07 Å². The minimum atomic E-state index is -5.08. The molecule has 36 heavy (non-hydrogen) atoms. The third-order valence-corrected chi connectivity index (χ3v) is 5.00. The number of hydrogen-bond donors (Lipinski definition) is 3. The highest BCUT2D eigenvalue weighted by Gasteiger charge is 2.38. The van der Waals surface area contributed by atoms with Crippen molar-refractivity contribution in [3.8, 4) is 11.1 Å². The molecule has 2 amide bonds. The number of carbonyl (C=O) groups excluding carboxylic acids is 1. The molecule has 12 heteroatoms. The molecule has 0 radical (unpaired) electrons. The van der Waals surface area contributed by atoms with Crippen molar-refractivity contribution in [2.75, 3.05) is 10.6 Å². The molecular weight excluding hydrogens is 482 g/mol. The van der Waals surface area contributed by atoms with Gasteiger partial charge in [0.25, 0.3) is 0 Å². The molecule has 0 spiro atoms. The summed E-state index contributed by atoms with van der Waals surface area (Å²) in [5.74, 6) is -3.24. The second-order valence-electron chi connectivity index (χ2n) is 7.73. The molecule has 2 heterocycles. The number of rotatable bonds is 3. The van der Waals surface area contributed by atoms with E-state index in [1.54, 1.807) is 30.5 Å². The van der Waals surface area contributed by atoms with Gasteiger partial charge in [0, 0.05) is 29.9 Å². The van der Waals surface area contributed by atoms with Gasteiger partial charge in [0.2, 0.25) is 0 Å². The van der Waals surface area contributed by atoms with E-state index < -0.39 is 24.0 Å². The highest BCUT2D eigenvalue weighted by molar-refractivity contribution is 6.00. The number of carboxylic acids is 1. The summed E-state index contributed by atoms with van der Waals surface area (Å²) in [6, 6.07) is 11.5. The van der Waals surface area contributed by atoms with Crippen molar-refractivity contribution in [3.05, 3.63) is 71.9 Å². The van der Waals surface area contributed by atoms with Crippen molar-refractivity contribution in [1.29, 1.82) is 0 Å². The number of anilines is 2. The number of pyridine rings is 1. The van der Waals surface area contributed by atoms with Gasteiger partial charge >= 0.3 is 18.2 Å². The SMILES string of the molecule is Cc1ccc(F)c(NC(=O)Nc2ccc(-c3cncc4c3c(C)nn4C)cc2)c1.O=C(O)C(F)(F)F. The van der Waals surface area contributed by atoms with E-state index in [0.29, 0.717) is 5.69 Å². The molecule has 0 bridgehead atoms. The van der Waals surface area contributed by atoms with Crippen LogP contribution in [0.2, 0.25) is 0 Å². The lowest BCUT2D eigenvalue weighted by atomic mass is 10.0. The van der Waals surface area contributed by atoms with Gasteiger partial charge in [0.05, 0.1) is 23.1 Å². The Morgan fingerprint density at radius 3 is 2.25 bits per heavy atom. The normalized spacial score (nSPS) is 11.0. The van der Waals surface area contributed by atoms with Gasteiger partial charge < -0.3 is 15.7 Å². The molecule has 0 aliphatic rings. The predicted molar refractivity (Wildman–Crippen MR) is 126 cm³/mol. The van der Waals surface area contributed by atoms with Crippen LogP contribution in [0, 0.1) is 19.7 Å². The lowest BCUT2D eigenvalue weighted by Gasteiger charge is -2.10. The Labute approximate surface area is 202 Å². The number of aromatic nitrogens is 3. The van der Waals surface area contributed by atoms with Gasteiger partial charge in [-0.1, -0.05) is 18.2 Å². The van der Waals surface area contributed by atoms with E-state index in [2.05, 4.69) is 20.7 Å². The highest BCUT2D eigenvalue weighted by Crippen LogP contribution is 2.30. The van der Waals surface area contributed by atoms with Crippen LogP contribution in [0.3, 0.4) is 0 Å². The standard InChI is InChI=1S/C22H20FN5O.C2HF3O2/c1-13-4-9-18(23)19(10-13)26-22(29)25-16-7-5-15(6-8-16)17-11-24-12-20-21(17)14(2)27-28(20)3;3-2(4,5)1(6)7/h4-12H,1-3H3,(H2,25,26,29);(H,6,7). The number of halogens is 4. The van der Waals surface area contributed by atoms with Crippen LogP contribution >= 0.6 is 0 Å². The summed E-state index contributed by atoms with van der Waals surface area (Å²) >= 11 is 0. The monoisotopic (exact) mass is 503 g/mol. The summed E-state index contributed by atoms with van der Waals surface area (Å²) < 4.78 is 47.4. The largest absolute Gasteiger partial charge is 0.490 e. The number of fused-ring (bicyclic) bond motifs is 1. The Hall–Kier alpha value is -4.48. The fourth-order valence-electron chi connectivity index (χ4n) is 3.38. The number of nitrogens with one attached hydrogen (secondary N) is 2. The van der Waals surface area contributed by atoms with Crippen molar-refractivity contribution >= 4 is 34.3 Å². The van der Waals surface area contributed by atoms with Crippen LogP contribution in [-0.4, -0.2) is 38.0 Å². The first-order chi connectivity index (χ1) is 16.9. The first-order valence-corrected chi connectivity index (χ1v) is 10.4. The fraction of sp³-hybridized carbons (Fsp3) is 0.167.